The van der Waals surface area contributed by atoms with Gasteiger partial charge in [-0.1, -0.05) is 0 Å². The summed E-state index contributed by atoms with van der Waals surface area (Å²) < 4.78 is 37.1. The normalized spacial score (nSPS) is 10.6. The van der Waals surface area contributed by atoms with Gasteiger partial charge in [-0.2, -0.15) is 4.39 Å². The minimum absolute atomic E-state index is 0.458. The zero-order valence-electron chi connectivity index (χ0n) is 6.67. The zero-order chi connectivity index (χ0) is 10.9. The van der Waals surface area contributed by atoms with E-state index in [2.05, 4.69) is 4.98 Å². The van der Waals surface area contributed by atoms with E-state index in [0.717, 1.165) is 0 Å². The Morgan fingerprint density at radius 3 is 2.57 bits per heavy atom. The number of alkyl halides is 2. The molecule has 0 aromatic carbocycles. The van der Waals surface area contributed by atoms with Gasteiger partial charge in [-0.15, -0.1) is 0 Å². The summed E-state index contributed by atoms with van der Waals surface area (Å²) >= 11 is 0. The lowest BCUT2D eigenvalue weighted by Crippen LogP contribution is -2.10. The molecule has 0 unspecified atom stereocenters. The van der Waals surface area contributed by atoms with Crippen LogP contribution >= 0.6 is 0 Å². The highest BCUT2D eigenvalue weighted by molar-refractivity contribution is 5.95. The molecule has 3 N–H and O–H groups in total. The SMILES string of the molecule is Nc1c(F)ncc(C(F)F)c1C(=O)O. The van der Waals surface area contributed by atoms with Gasteiger partial charge in [0.2, 0.25) is 5.95 Å². The van der Waals surface area contributed by atoms with Crippen LogP contribution in [-0.4, -0.2) is 16.1 Å². The molecule has 0 radical (unpaired) electrons. The maximum absolute atomic E-state index is 12.6. The van der Waals surface area contributed by atoms with Gasteiger partial charge in [0.1, 0.15) is 5.69 Å². The number of aromatic nitrogens is 1. The van der Waals surface area contributed by atoms with Gasteiger partial charge < -0.3 is 10.8 Å². The molecule has 0 amide bonds. The summed E-state index contributed by atoms with van der Waals surface area (Å²) in [5.41, 5.74) is 2.26. The third-order valence-electron chi connectivity index (χ3n) is 1.55. The maximum Gasteiger partial charge on any atom is 0.338 e. The number of aromatic carboxylic acids is 1. The van der Waals surface area contributed by atoms with E-state index in [4.69, 9.17) is 10.8 Å². The number of rotatable bonds is 2. The first-order chi connectivity index (χ1) is 6.45. The summed E-state index contributed by atoms with van der Waals surface area (Å²) in [6.07, 6.45) is -2.60. The van der Waals surface area contributed by atoms with E-state index < -0.39 is 35.2 Å². The van der Waals surface area contributed by atoms with Crippen molar-refractivity contribution in [2.45, 2.75) is 6.43 Å². The number of nitrogen functional groups attached to an aromatic ring is 1. The van der Waals surface area contributed by atoms with Crippen molar-refractivity contribution in [3.05, 3.63) is 23.3 Å². The number of hydrogen-bond acceptors (Lipinski definition) is 3. The first-order valence-corrected chi connectivity index (χ1v) is 3.40. The van der Waals surface area contributed by atoms with E-state index >= 15 is 0 Å². The molecule has 0 bridgehead atoms. The Morgan fingerprint density at radius 2 is 2.14 bits per heavy atom. The number of halogens is 3. The van der Waals surface area contributed by atoms with Crippen molar-refractivity contribution in [2.75, 3.05) is 5.73 Å². The first kappa shape index (κ1) is 10.3. The molecule has 0 atom stereocenters. The number of pyridine rings is 1. The number of nitrogens with zero attached hydrogens (tertiary/aromatic N) is 1. The van der Waals surface area contributed by atoms with Gasteiger partial charge in [-0.25, -0.2) is 18.6 Å². The fraction of sp³-hybridized carbons (Fsp3) is 0.143. The van der Waals surface area contributed by atoms with Crippen LogP contribution in [0.15, 0.2) is 6.20 Å². The molecule has 0 aliphatic rings. The largest absolute Gasteiger partial charge is 0.478 e. The van der Waals surface area contributed by atoms with Gasteiger partial charge in [-0.05, 0) is 0 Å². The average molecular weight is 206 g/mol. The third-order valence-corrected chi connectivity index (χ3v) is 1.55. The van der Waals surface area contributed by atoms with Crippen LogP contribution in [0.5, 0.6) is 0 Å². The molecular weight excluding hydrogens is 201 g/mol. The van der Waals surface area contributed by atoms with E-state index in [1.54, 1.807) is 0 Å². The summed E-state index contributed by atoms with van der Waals surface area (Å²) in [6, 6.07) is 0. The van der Waals surface area contributed by atoms with Crippen molar-refractivity contribution in [3.8, 4) is 0 Å². The monoisotopic (exact) mass is 206 g/mol. The topological polar surface area (TPSA) is 76.2 Å². The minimum atomic E-state index is -3.06. The quantitative estimate of drug-likeness (QED) is 0.717. The predicted octanol–water partition coefficient (Wildman–Crippen LogP) is 1.44. The van der Waals surface area contributed by atoms with Crippen LogP contribution in [0.3, 0.4) is 0 Å². The lowest BCUT2D eigenvalue weighted by Gasteiger charge is -2.07. The lowest BCUT2D eigenvalue weighted by molar-refractivity contribution is 0.0685. The highest BCUT2D eigenvalue weighted by atomic mass is 19.3. The van der Waals surface area contributed by atoms with E-state index in [0.29, 0.717) is 6.20 Å². The highest BCUT2D eigenvalue weighted by Crippen LogP contribution is 2.27. The second kappa shape index (κ2) is 3.52. The Balaban J connectivity index is 3.45. The Bertz CT molecular complexity index is 381. The number of anilines is 1. The van der Waals surface area contributed by atoms with Crippen LogP contribution in [0.2, 0.25) is 0 Å². The Labute approximate surface area is 76.2 Å². The Kier molecular flexibility index (Phi) is 2.59. The van der Waals surface area contributed by atoms with Crippen molar-refractivity contribution in [2.24, 2.45) is 0 Å². The molecule has 0 saturated carbocycles. The Hall–Kier alpha value is -1.79. The fourth-order valence-electron chi connectivity index (χ4n) is 0.923. The summed E-state index contributed by atoms with van der Waals surface area (Å²) in [4.78, 5) is 13.4. The Morgan fingerprint density at radius 1 is 1.57 bits per heavy atom. The number of carbonyl (C=O) groups is 1. The van der Waals surface area contributed by atoms with Crippen molar-refractivity contribution in [1.29, 1.82) is 0 Å². The summed E-state index contributed by atoms with van der Waals surface area (Å²) in [5, 5.41) is 8.51. The van der Waals surface area contributed by atoms with E-state index in [1.165, 1.54) is 0 Å². The second-order valence-electron chi connectivity index (χ2n) is 2.40. The minimum Gasteiger partial charge on any atom is -0.478 e. The van der Waals surface area contributed by atoms with Crippen molar-refractivity contribution in [3.63, 3.8) is 0 Å². The smallest absolute Gasteiger partial charge is 0.338 e. The molecule has 1 aromatic heterocycles. The molecular formula is C7H5F3N2O2. The predicted molar refractivity (Wildman–Crippen MR) is 40.5 cm³/mol. The van der Waals surface area contributed by atoms with Crippen LogP contribution in [0.1, 0.15) is 22.3 Å². The second-order valence-corrected chi connectivity index (χ2v) is 2.40. The van der Waals surface area contributed by atoms with Crippen LogP contribution in [-0.2, 0) is 0 Å². The van der Waals surface area contributed by atoms with E-state index in [-0.39, 0.29) is 0 Å². The summed E-state index contributed by atoms with van der Waals surface area (Å²) in [7, 11) is 0. The van der Waals surface area contributed by atoms with Crippen molar-refractivity contribution in [1.82, 2.24) is 4.98 Å². The van der Waals surface area contributed by atoms with E-state index in [9.17, 15) is 18.0 Å². The van der Waals surface area contributed by atoms with Gasteiger partial charge in [0.05, 0.1) is 11.1 Å². The number of carboxylic acids is 1. The van der Waals surface area contributed by atoms with Gasteiger partial charge >= 0.3 is 5.97 Å². The molecule has 1 rings (SSSR count). The molecule has 14 heavy (non-hydrogen) atoms. The summed E-state index contributed by atoms with van der Waals surface area (Å²) in [6.45, 7) is 0. The fourth-order valence-corrected chi connectivity index (χ4v) is 0.923. The van der Waals surface area contributed by atoms with Gasteiger partial charge in [0.25, 0.3) is 6.43 Å². The number of carboxylic acid groups (broad SMARTS) is 1. The zero-order valence-corrected chi connectivity index (χ0v) is 6.67. The molecule has 4 nitrogen and oxygen atoms in total. The molecule has 0 aliphatic carbocycles. The molecule has 1 aromatic rings. The molecule has 0 aliphatic heterocycles. The molecule has 0 spiro atoms. The van der Waals surface area contributed by atoms with Crippen LogP contribution in [0.4, 0.5) is 18.9 Å². The van der Waals surface area contributed by atoms with Gasteiger partial charge in [0, 0.05) is 6.20 Å². The van der Waals surface area contributed by atoms with Crippen molar-refractivity contribution >= 4 is 11.7 Å². The molecule has 7 heteroatoms. The van der Waals surface area contributed by atoms with E-state index in [1.807, 2.05) is 0 Å². The molecule has 1 heterocycles. The maximum atomic E-state index is 12.6. The average Bonchev–Trinajstić information content (AvgIpc) is 2.08. The summed E-state index contributed by atoms with van der Waals surface area (Å²) in [5.74, 6) is -2.98. The third kappa shape index (κ3) is 1.61. The number of hydrogen-bond donors (Lipinski definition) is 2. The van der Waals surface area contributed by atoms with Crippen molar-refractivity contribution < 1.29 is 23.1 Å². The van der Waals surface area contributed by atoms with Crippen LogP contribution < -0.4 is 5.73 Å². The van der Waals surface area contributed by atoms with Crippen LogP contribution in [0.25, 0.3) is 0 Å². The van der Waals surface area contributed by atoms with Gasteiger partial charge in [0.15, 0.2) is 0 Å². The first-order valence-electron chi connectivity index (χ1n) is 3.40. The highest BCUT2D eigenvalue weighted by Gasteiger charge is 2.23. The van der Waals surface area contributed by atoms with Crippen LogP contribution in [0, 0.1) is 5.95 Å². The molecule has 0 saturated heterocycles. The standard InChI is InChI=1S/C7H5F3N2O2/c8-5(9)2-1-12-6(10)4(11)3(2)7(13)14/h1,5H,11H2,(H,13,14). The molecule has 76 valence electrons. The number of nitrogens with two attached hydrogens (primary N) is 1. The van der Waals surface area contributed by atoms with Gasteiger partial charge in [-0.3, -0.25) is 0 Å². The lowest BCUT2D eigenvalue weighted by atomic mass is 10.1. The molecule has 0 fully saturated rings.